The summed E-state index contributed by atoms with van der Waals surface area (Å²) in [5.74, 6) is 12.3. The van der Waals surface area contributed by atoms with Gasteiger partial charge < -0.3 is 16.0 Å². The monoisotopic (exact) mass is 1090 g/mol. The molecule has 3 nitrogen and oxygen atoms in total. The summed E-state index contributed by atoms with van der Waals surface area (Å²) >= 11 is 4.39. The summed E-state index contributed by atoms with van der Waals surface area (Å²) in [4.78, 5) is 0. The highest BCUT2D eigenvalue weighted by Crippen LogP contribution is 2.48. The van der Waals surface area contributed by atoms with E-state index in [2.05, 4.69) is 178 Å². The van der Waals surface area contributed by atoms with Gasteiger partial charge in [-0.05, 0) is 189 Å². The van der Waals surface area contributed by atoms with E-state index >= 15 is 0 Å². The van der Waals surface area contributed by atoms with Crippen LogP contribution in [0.4, 0.5) is 0 Å². The Morgan fingerprint density at radius 2 is 0.716 bits per heavy atom. The average Bonchev–Trinajstić information content (AvgIpc) is 3.93. The predicted octanol–water partition coefficient (Wildman–Crippen LogP) is 22.9. The van der Waals surface area contributed by atoms with Crippen LogP contribution in [-0.2, 0) is 0 Å². The number of hydrogen-bond donors (Lipinski definition) is 3. The Labute approximate surface area is 483 Å². The molecule has 5 aliphatic heterocycles. The molecule has 0 atom stereocenters. The van der Waals surface area contributed by atoms with Crippen molar-refractivity contribution in [2.24, 2.45) is 75.4 Å². The molecule has 0 aromatic rings. The van der Waals surface area contributed by atoms with E-state index in [4.69, 9.17) is 0 Å². The van der Waals surface area contributed by atoms with Crippen molar-refractivity contribution in [3.8, 4) is 0 Å². The number of nitrogens with one attached hydrogen (secondary N) is 3. The van der Waals surface area contributed by atoms with Gasteiger partial charge in [0.05, 0.1) is 0 Å². The van der Waals surface area contributed by atoms with Crippen LogP contribution in [0.5, 0.6) is 0 Å². The third-order valence-corrected chi connectivity index (χ3v) is 22.2. The molecular weight excluding hydrogens is 935 g/mol. The topological polar surface area (TPSA) is 36.1 Å². The number of rotatable bonds is 10. The fourth-order valence-corrected chi connectivity index (χ4v) is 16.7. The second-order valence-corrected chi connectivity index (χ2v) is 27.2. The molecule has 0 saturated carbocycles. The van der Waals surface area contributed by atoms with Crippen molar-refractivity contribution in [1.82, 2.24) is 16.0 Å². The minimum absolute atomic E-state index is 0. The Balaban J connectivity index is -0.000000186. The largest absolute Gasteiger partial charge is 0.317 e. The van der Waals surface area contributed by atoms with Crippen LogP contribution < -0.4 is 16.0 Å². The van der Waals surface area contributed by atoms with Gasteiger partial charge in [0, 0.05) is 16.8 Å². The van der Waals surface area contributed by atoms with Crippen LogP contribution in [0.2, 0.25) is 0 Å². The van der Waals surface area contributed by atoms with Crippen molar-refractivity contribution in [2.45, 2.75) is 322 Å². The summed E-state index contributed by atoms with van der Waals surface area (Å²) in [6, 6.07) is 0. The highest BCUT2D eigenvalue weighted by Gasteiger charge is 2.41. The first-order valence-electron chi connectivity index (χ1n) is 32.9. The lowest BCUT2D eigenvalue weighted by molar-refractivity contribution is 0.0930. The lowest BCUT2D eigenvalue weighted by atomic mass is 9.64. The summed E-state index contributed by atoms with van der Waals surface area (Å²) in [5.41, 5.74) is 2.21. The van der Waals surface area contributed by atoms with Crippen molar-refractivity contribution in [3.05, 3.63) is 0 Å². The molecule has 5 heterocycles. The maximum Gasteiger partial charge on any atom is 0.0227 e. The second kappa shape index (κ2) is 49.4. The van der Waals surface area contributed by atoms with Gasteiger partial charge in [-0.2, -0.15) is 23.5 Å². The zero-order chi connectivity index (χ0) is 58.1. The molecule has 5 saturated heterocycles. The summed E-state index contributed by atoms with van der Waals surface area (Å²) in [7, 11) is 0. The Hall–Kier alpha value is 0.580. The molecule has 0 aromatic carbocycles. The molecule has 5 heteroatoms. The summed E-state index contributed by atoms with van der Waals surface area (Å²) < 4.78 is 0.595. The summed E-state index contributed by atoms with van der Waals surface area (Å²) in [5, 5.41) is 10.9. The first-order valence-corrected chi connectivity index (χ1v) is 35.0. The van der Waals surface area contributed by atoms with Crippen LogP contribution in [0.25, 0.3) is 0 Å². The molecule has 5 aliphatic rings. The number of hydrogen-bond acceptors (Lipinski definition) is 5. The van der Waals surface area contributed by atoms with Gasteiger partial charge >= 0.3 is 0 Å². The molecule has 0 aliphatic carbocycles. The molecule has 456 valence electrons. The Morgan fingerprint density at radius 3 is 1.08 bits per heavy atom. The van der Waals surface area contributed by atoms with E-state index in [0.29, 0.717) is 26.5 Å². The maximum absolute atomic E-state index is 3.79. The van der Waals surface area contributed by atoms with Crippen molar-refractivity contribution >= 4 is 23.5 Å². The first-order chi connectivity index (χ1) is 34.5. The van der Waals surface area contributed by atoms with E-state index in [1.165, 1.54) is 146 Å². The molecule has 0 amide bonds. The van der Waals surface area contributed by atoms with Crippen LogP contribution >= 0.6 is 23.5 Å². The SMILES string of the molecule is C.CC.CC.CC.CC.CC.CC(C)C1(C(C)C)CCCCCN1.CC(C)C1(C(C)C)CCCCNC1.CC(C)C1(C(C)C)CCCCS1.CC(C)C1(C(C)C)CCCNCC1.CC(C)C1(C(C)C)CCCSC1. The van der Waals surface area contributed by atoms with Crippen LogP contribution in [0.15, 0.2) is 0 Å². The first kappa shape index (κ1) is 85.9. The van der Waals surface area contributed by atoms with Gasteiger partial charge in [0.2, 0.25) is 0 Å². The van der Waals surface area contributed by atoms with E-state index in [-0.39, 0.29) is 7.43 Å². The smallest absolute Gasteiger partial charge is 0.0227 e. The van der Waals surface area contributed by atoms with Gasteiger partial charge in [0.15, 0.2) is 0 Å². The quantitative estimate of drug-likeness (QED) is 0.203. The third-order valence-electron chi connectivity index (χ3n) is 18.7. The molecule has 0 radical (unpaired) electrons. The van der Waals surface area contributed by atoms with Crippen LogP contribution in [0.1, 0.15) is 311 Å². The third kappa shape index (κ3) is 28.8. The van der Waals surface area contributed by atoms with Gasteiger partial charge in [0.1, 0.15) is 0 Å². The molecule has 0 aromatic heterocycles. The standard InChI is InChI=1S/3C12H25N.2C11H22S.5C2H6.CH4/c1-10(2)12(11(3)4)6-5-8-13-9-7-12;1-10(2)12(11(3)4)7-5-6-8-13-9-12;1-10(2)12(11(3)4)8-6-5-7-9-13-12;1-9(2)11(10(3)4)6-5-7-12-8-11;1-9(2)11(10(3)4)7-5-6-8-12-11;5*1-2;/h3*10-11,13H,5-9H2,1-4H3;2*9-10H,5-8H2,1-4H3;5*1-2H3;1H4. The van der Waals surface area contributed by atoms with E-state index in [1.807, 2.05) is 69.2 Å². The van der Waals surface area contributed by atoms with E-state index < -0.39 is 0 Å². The lowest BCUT2D eigenvalue weighted by Crippen LogP contribution is -2.53. The van der Waals surface area contributed by atoms with Crippen LogP contribution in [0.3, 0.4) is 0 Å². The van der Waals surface area contributed by atoms with Crippen molar-refractivity contribution < 1.29 is 0 Å². The molecular formula is C69H153N3S2. The Bertz CT molecular complexity index is 933. The number of thioether (sulfide) groups is 2. The van der Waals surface area contributed by atoms with Gasteiger partial charge in [-0.15, -0.1) is 0 Å². The molecule has 3 N–H and O–H groups in total. The predicted molar refractivity (Wildman–Crippen MR) is 357 cm³/mol. The zero-order valence-electron chi connectivity index (χ0n) is 56.9. The molecule has 0 spiro atoms. The summed E-state index contributed by atoms with van der Waals surface area (Å²) in [6.07, 6.45) is 21.1. The molecule has 5 fully saturated rings. The minimum atomic E-state index is 0. The highest BCUT2D eigenvalue weighted by molar-refractivity contribution is 8.00. The molecule has 0 unspecified atom stereocenters. The normalized spacial score (nSPS) is 20.4. The van der Waals surface area contributed by atoms with E-state index in [0.717, 1.165) is 59.2 Å². The van der Waals surface area contributed by atoms with E-state index in [9.17, 15) is 0 Å². The molecule has 0 bridgehead atoms. The van der Waals surface area contributed by atoms with Crippen LogP contribution in [-0.4, -0.2) is 60.3 Å². The van der Waals surface area contributed by atoms with Gasteiger partial charge in [-0.3, -0.25) is 0 Å². The van der Waals surface area contributed by atoms with Gasteiger partial charge in [-0.25, -0.2) is 0 Å². The second-order valence-electron chi connectivity index (χ2n) is 24.7. The zero-order valence-corrected chi connectivity index (χ0v) is 58.5. The fourth-order valence-electron chi connectivity index (χ4n) is 13.3. The van der Waals surface area contributed by atoms with Crippen molar-refractivity contribution in [2.75, 3.05) is 50.0 Å². The van der Waals surface area contributed by atoms with Gasteiger partial charge in [0.25, 0.3) is 0 Å². The van der Waals surface area contributed by atoms with Crippen LogP contribution in [0, 0.1) is 75.4 Å². The minimum Gasteiger partial charge on any atom is -0.317 e. The lowest BCUT2D eigenvalue weighted by Gasteiger charge is -2.44. The average molecular weight is 1090 g/mol. The highest BCUT2D eigenvalue weighted by atomic mass is 32.2. The van der Waals surface area contributed by atoms with Crippen molar-refractivity contribution in [1.29, 1.82) is 0 Å². The Morgan fingerprint density at radius 1 is 0.311 bits per heavy atom. The molecule has 74 heavy (non-hydrogen) atoms. The van der Waals surface area contributed by atoms with Gasteiger partial charge in [-0.1, -0.05) is 241 Å². The van der Waals surface area contributed by atoms with E-state index in [1.54, 1.807) is 0 Å². The maximum atomic E-state index is 3.79. The fraction of sp³-hybridized carbons (Fsp3) is 1.00. The van der Waals surface area contributed by atoms with Crippen molar-refractivity contribution in [3.63, 3.8) is 0 Å². The molecule has 5 rings (SSSR count). The Kier molecular flexibility index (Phi) is 57.3. The summed E-state index contributed by atoms with van der Waals surface area (Å²) in [6.45, 7) is 73.8.